The van der Waals surface area contributed by atoms with Gasteiger partial charge >= 0.3 is 0 Å². The van der Waals surface area contributed by atoms with Crippen LogP contribution in [0, 0.1) is 0 Å². The Hall–Kier alpha value is -1.10. The van der Waals surface area contributed by atoms with Gasteiger partial charge in [-0.05, 0) is 38.8 Å². The second-order valence-electron chi connectivity index (χ2n) is 5.84. The Labute approximate surface area is 120 Å². The molecule has 20 heavy (non-hydrogen) atoms. The first-order chi connectivity index (χ1) is 9.64. The number of nitrogens with two attached hydrogens (primary N) is 1. The monoisotopic (exact) mass is 276 g/mol. The molecule has 0 aliphatic carbocycles. The van der Waals surface area contributed by atoms with Gasteiger partial charge in [0.25, 0.3) is 0 Å². The van der Waals surface area contributed by atoms with Crippen molar-refractivity contribution in [1.29, 1.82) is 0 Å². The first-order valence-electron chi connectivity index (χ1n) is 7.56. The quantitative estimate of drug-likeness (QED) is 0.919. The summed E-state index contributed by atoms with van der Waals surface area (Å²) in [6.07, 6.45) is 2.71. The molecule has 2 saturated heterocycles. The SMILES string of the molecule is C[C@H]1OC(CN)(c2ccc(N3CCCC3)cc2)O[C@@H]1C. The van der Waals surface area contributed by atoms with Crippen LogP contribution in [0.25, 0.3) is 0 Å². The summed E-state index contributed by atoms with van der Waals surface area (Å²) < 4.78 is 12.0. The van der Waals surface area contributed by atoms with Crippen molar-refractivity contribution in [2.24, 2.45) is 5.73 Å². The molecule has 0 aromatic heterocycles. The second-order valence-corrected chi connectivity index (χ2v) is 5.84. The molecule has 2 fully saturated rings. The van der Waals surface area contributed by atoms with Crippen molar-refractivity contribution in [3.8, 4) is 0 Å². The van der Waals surface area contributed by atoms with E-state index in [9.17, 15) is 0 Å². The van der Waals surface area contributed by atoms with Gasteiger partial charge in [0.05, 0.1) is 18.8 Å². The third-order valence-corrected chi connectivity index (χ3v) is 4.46. The molecule has 0 unspecified atom stereocenters. The van der Waals surface area contributed by atoms with Gasteiger partial charge in [-0.25, -0.2) is 0 Å². The normalized spacial score (nSPS) is 29.1. The highest BCUT2D eigenvalue weighted by Crippen LogP contribution is 2.37. The molecule has 2 heterocycles. The van der Waals surface area contributed by atoms with Crippen LogP contribution in [0.15, 0.2) is 24.3 Å². The predicted molar refractivity (Wildman–Crippen MR) is 79.7 cm³/mol. The van der Waals surface area contributed by atoms with E-state index in [1.807, 2.05) is 13.8 Å². The number of ether oxygens (including phenoxy) is 2. The zero-order chi connectivity index (χ0) is 14.2. The van der Waals surface area contributed by atoms with E-state index in [1.165, 1.54) is 18.5 Å². The van der Waals surface area contributed by atoms with E-state index in [4.69, 9.17) is 15.2 Å². The minimum Gasteiger partial charge on any atom is -0.372 e. The van der Waals surface area contributed by atoms with Crippen LogP contribution in [0.4, 0.5) is 5.69 Å². The summed E-state index contributed by atoms with van der Waals surface area (Å²) in [5, 5.41) is 0. The van der Waals surface area contributed by atoms with E-state index in [2.05, 4.69) is 29.2 Å². The fourth-order valence-corrected chi connectivity index (χ4v) is 3.07. The lowest BCUT2D eigenvalue weighted by molar-refractivity contribution is -0.173. The maximum Gasteiger partial charge on any atom is 0.208 e. The Morgan fingerprint density at radius 3 is 2.15 bits per heavy atom. The van der Waals surface area contributed by atoms with E-state index in [0.29, 0.717) is 6.54 Å². The van der Waals surface area contributed by atoms with Crippen LogP contribution in [-0.4, -0.2) is 31.8 Å². The standard InChI is InChI=1S/C16H24N2O2/c1-12-13(2)20-16(11-17,19-12)14-5-7-15(8-6-14)18-9-3-4-10-18/h5-8,12-13H,3-4,9-11,17H2,1-2H3/t12-,13-/m1/s1. The van der Waals surface area contributed by atoms with Crippen molar-refractivity contribution in [1.82, 2.24) is 0 Å². The third kappa shape index (κ3) is 2.32. The summed E-state index contributed by atoms with van der Waals surface area (Å²) in [5.74, 6) is -0.775. The van der Waals surface area contributed by atoms with Gasteiger partial charge in [0.1, 0.15) is 0 Å². The van der Waals surface area contributed by atoms with E-state index >= 15 is 0 Å². The molecular weight excluding hydrogens is 252 g/mol. The molecule has 2 aliphatic heterocycles. The average Bonchev–Trinajstić information content (AvgIpc) is 3.09. The number of nitrogens with zero attached hydrogens (tertiary/aromatic N) is 1. The zero-order valence-corrected chi connectivity index (χ0v) is 12.3. The van der Waals surface area contributed by atoms with Crippen LogP contribution in [0.2, 0.25) is 0 Å². The molecule has 1 aromatic rings. The summed E-state index contributed by atoms with van der Waals surface area (Å²) in [7, 11) is 0. The topological polar surface area (TPSA) is 47.7 Å². The molecule has 3 rings (SSSR count). The lowest BCUT2D eigenvalue weighted by Gasteiger charge is -2.28. The number of anilines is 1. The number of rotatable bonds is 3. The third-order valence-electron chi connectivity index (χ3n) is 4.46. The lowest BCUT2D eigenvalue weighted by atomic mass is 10.1. The maximum absolute atomic E-state index is 6.00. The molecule has 0 spiro atoms. The van der Waals surface area contributed by atoms with Crippen LogP contribution in [0.1, 0.15) is 32.3 Å². The van der Waals surface area contributed by atoms with Crippen LogP contribution < -0.4 is 10.6 Å². The van der Waals surface area contributed by atoms with E-state index in [-0.39, 0.29) is 12.2 Å². The van der Waals surface area contributed by atoms with Crippen molar-refractivity contribution in [2.75, 3.05) is 24.5 Å². The van der Waals surface area contributed by atoms with E-state index in [0.717, 1.165) is 18.7 Å². The Bertz CT molecular complexity index is 444. The molecule has 2 N–H and O–H groups in total. The van der Waals surface area contributed by atoms with Crippen molar-refractivity contribution < 1.29 is 9.47 Å². The molecule has 0 amide bonds. The number of hydrogen-bond donors (Lipinski definition) is 1. The van der Waals surface area contributed by atoms with Gasteiger partial charge in [0.15, 0.2) is 0 Å². The Morgan fingerprint density at radius 1 is 1.10 bits per heavy atom. The highest BCUT2D eigenvalue weighted by molar-refractivity contribution is 5.49. The van der Waals surface area contributed by atoms with Gasteiger partial charge in [-0.3, -0.25) is 0 Å². The highest BCUT2D eigenvalue weighted by Gasteiger charge is 2.44. The molecule has 2 atom stereocenters. The van der Waals surface area contributed by atoms with Gasteiger partial charge < -0.3 is 20.1 Å². The summed E-state index contributed by atoms with van der Waals surface area (Å²) in [6, 6.07) is 8.48. The van der Waals surface area contributed by atoms with Crippen molar-refractivity contribution in [3.63, 3.8) is 0 Å². The average molecular weight is 276 g/mol. The highest BCUT2D eigenvalue weighted by atomic mass is 16.8. The number of hydrogen-bond acceptors (Lipinski definition) is 4. The van der Waals surface area contributed by atoms with Gasteiger partial charge in [-0.15, -0.1) is 0 Å². The van der Waals surface area contributed by atoms with Crippen LogP contribution in [0.3, 0.4) is 0 Å². The molecule has 0 radical (unpaired) electrons. The van der Waals surface area contributed by atoms with Crippen molar-refractivity contribution >= 4 is 5.69 Å². The minimum absolute atomic E-state index is 0.0665. The molecule has 4 heteroatoms. The predicted octanol–water partition coefficient (Wildman–Crippen LogP) is 2.22. The Kier molecular flexibility index (Phi) is 3.71. The molecule has 1 aromatic carbocycles. The van der Waals surface area contributed by atoms with E-state index in [1.54, 1.807) is 0 Å². The maximum atomic E-state index is 6.00. The molecule has 2 aliphatic rings. The molecular formula is C16H24N2O2. The Balaban J connectivity index is 1.82. The van der Waals surface area contributed by atoms with Crippen LogP contribution in [-0.2, 0) is 15.3 Å². The van der Waals surface area contributed by atoms with Crippen molar-refractivity contribution in [3.05, 3.63) is 29.8 Å². The summed E-state index contributed by atoms with van der Waals surface area (Å²) in [4.78, 5) is 2.42. The lowest BCUT2D eigenvalue weighted by Crippen LogP contribution is -2.36. The summed E-state index contributed by atoms with van der Waals surface area (Å²) in [6.45, 7) is 6.71. The van der Waals surface area contributed by atoms with E-state index < -0.39 is 5.79 Å². The number of benzene rings is 1. The fraction of sp³-hybridized carbons (Fsp3) is 0.625. The van der Waals surface area contributed by atoms with Crippen LogP contribution >= 0.6 is 0 Å². The minimum atomic E-state index is -0.775. The fourth-order valence-electron chi connectivity index (χ4n) is 3.07. The molecule has 0 bridgehead atoms. The largest absolute Gasteiger partial charge is 0.372 e. The van der Waals surface area contributed by atoms with Gasteiger partial charge in [0.2, 0.25) is 5.79 Å². The van der Waals surface area contributed by atoms with Crippen molar-refractivity contribution in [2.45, 2.75) is 44.7 Å². The molecule has 110 valence electrons. The van der Waals surface area contributed by atoms with Gasteiger partial charge in [-0.1, -0.05) is 12.1 Å². The first-order valence-corrected chi connectivity index (χ1v) is 7.56. The zero-order valence-electron chi connectivity index (χ0n) is 12.3. The van der Waals surface area contributed by atoms with Crippen LogP contribution in [0.5, 0.6) is 0 Å². The first kappa shape index (κ1) is 13.9. The summed E-state index contributed by atoms with van der Waals surface area (Å²) >= 11 is 0. The van der Waals surface area contributed by atoms with Gasteiger partial charge in [-0.2, -0.15) is 0 Å². The van der Waals surface area contributed by atoms with Gasteiger partial charge in [0, 0.05) is 24.3 Å². The second kappa shape index (κ2) is 5.35. The molecule has 0 saturated carbocycles. The summed E-state index contributed by atoms with van der Waals surface area (Å²) in [5.41, 5.74) is 8.21. The Morgan fingerprint density at radius 2 is 1.65 bits per heavy atom. The molecule has 4 nitrogen and oxygen atoms in total. The smallest absolute Gasteiger partial charge is 0.208 e.